The summed E-state index contributed by atoms with van der Waals surface area (Å²) in [4.78, 5) is 18.9. The fourth-order valence-electron chi connectivity index (χ4n) is 3.72. The molecule has 160 valence electrons. The molecule has 3 aromatic heterocycles. The Balaban J connectivity index is 1.71. The molecule has 0 radical (unpaired) electrons. The third kappa shape index (κ3) is 3.54. The molecule has 4 heterocycles. The fraction of sp³-hybridized carbons (Fsp3) is 0.500. The first-order chi connectivity index (χ1) is 14.2. The lowest BCUT2D eigenvalue weighted by atomic mass is 10.1. The molecular weight excluding hydrogens is 399 g/mol. The number of nitrogens with zero attached hydrogens (tertiary/aromatic N) is 5. The Morgan fingerprint density at radius 3 is 2.70 bits per heavy atom. The number of carbonyl (C=O) groups excluding carboxylic acids is 1. The lowest BCUT2D eigenvalue weighted by Crippen LogP contribution is -2.31. The van der Waals surface area contributed by atoms with E-state index in [1.54, 1.807) is 17.9 Å². The number of carbonyl (C=O) groups is 1. The quantitative estimate of drug-likeness (QED) is 0.624. The van der Waals surface area contributed by atoms with Crippen LogP contribution in [0.4, 0.5) is 13.2 Å². The number of rotatable bonds is 4. The van der Waals surface area contributed by atoms with E-state index in [1.807, 2.05) is 13.8 Å². The first-order valence-electron chi connectivity index (χ1n) is 9.93. The second-order valence-corrected chi connectivity index (χ2v) is 7.75. The van der Waals surface area contributed by atoms with Crippen LogP contribution in [-0.4, -0.2) is 37.1 Å². The minimum absolute atomic E-state index is 0.0893. The normalized spacial score (nSPS) is 17.4. The Morgan fingerprint density at radius 1 is 1.30 bits per heavy atom. The zero-order valence-corrected chi connectivity index (χ0v) is 16.9. The maximum Gasteiger partial charge on any atom is 0.433 e. The van der Waals surface area contributed by atoms with Crippen LogP contribution in [0.2, 0.25) is 0 Å². The monoisotopic (exact) mass is 421 g/mol. The minimum Gasteiger partial charge on any atom is -0.360 e. The predicted molar refractivity (Wildman–Crippen MR) is 101 cm³/mol. The van der Waals surface area contributed by atoms with Gasteiger partial charge >= 0.3 is 6.18 Å². The van der Waals surface area contributed by atoms with Gasteiger partial charge in [-0.25, -0.2) is 9.50 Å². The molecule has 3 aromatic rings. The van der Waals surface area contributed by atoms with Crippen molar-refractivity contribution in [2.75, 3.05) is 6.54 Å². The molecule has 1 aliphatic heterocycles. The van der Waals surface area contributed by atoms with E-state index in [4.69, 9.17) is 4.52 Å². The van der Waals surface area contributed by atoms with Crippen molar-refractivity contribution in [2.24, 2.45) is 0 Å². The third-order valence-corrected chi connectivity index (χ3v) is 5.32. The van der Waals surface area contributed by atoms with Crippen molar-refractivity contribution in [3.63, 3.8) is 0 Å². The summed E-state index contributed by atoms with van der Waals surface area (Å²) in [7, 11) is 0. The van der Waals surface area contributed by atoms with Crippen molar-refractivity contribution in [1.29, 1.82) is 0 Å². The standard InChI is InChI=1S/C20H22F3N5O2/c1-4-12-8-17(20(21,22)23)28-18(24-12)10-13(25-28)15-6-5-7-27(15)19(29)14-9-16(11(2)3)30-26-14/h8-11,15H,4-7H2,1-3H3/t15-/m0/s1. The topological polar surface area (TPSA) is 76.5 Å². The second kappa shape index (κ2) is 7.41. The van der Waals surface area contributed by atoms with Crippen molar-refractivity contribution >= 4 is 11.6 Å². The minimum atomic E-state index is -4.56. The van der Waals surface area contributed by atoms with Gasteiger partial charge in [0.05, 0.1) is 11.7 Å². The van der Waals surface area contributed by atoms with Crippen LogP contribution < -0.4 is 0 Å². The number of amides is 1. The van der Waals surface area contributed by atoms with Gasteiger partial charge in [0, 0.05) is 30.3 Å². The van der Waals surface area contributed by atoms with Gasteiger partial charge < -0.3 is 9.42 Å². The second-order valence-electron chi connectivity index (χ2n) is 7.75. The van der Waals surface area contributed by atoms with Gasteiger partial charge in [-0.3, -0.25) is 4.79 Å². The SMILES string of the molecule is CCc1cc(C(F)(F)F)n2nc([C@@H]3CCCN3C(=O)c3cc(C(C)C)on3)cc2n1. The zero-order valence-electron chi connectivity index (χ0n) is 16.9. The van der Waals surface area contributed by atoms with Crippen LogP contribution in [0.25, 0.3) is 5.65 Å². The van der Waals surface area contributed by atoms with Crippen LogP contribution in [0.1, 0.15) is 78.9 Å². The van der Waals surface area contributed by atoms with E-state index >= 15 is 0 Å². The number of fused-ring (bicyclic) bond motifs is 1. The molecular formula is C20H22F3N5O2. The summed E-state index contributed by atoms with van der Waals surface area (Å²) in [5.41, 5.74) is 0.171. The largest absolute Gasteiger partial charge is 0.433 e. The number of likely N-dealkylation sites (tertiary alicyclic amines) is 1. The van der Waals surface area contributed by atoms with E-state index in [-0.39, 0.29) is 23.2 Å². The van der Waals surface area contributed by atoms with Crippen molar-refractivity contribution in [3.8, 4) is 0 Å². The Labute approximate surface area is 170 Å². The molecule has 1 atom stereocenters. The first kappa shape index (κ1) is 20.4. The lowest BCUT2D eigenvalue weighted by Gasteiger charge is -2.22. The summed E-state index contributed by atoms with van der Waals surface area (Å²) in [5, 5.41) is 8.06. The van der Waals surface area contributed by atoms with Crippen LogP contribution in [0.3, 0.4) is 0 Å². The van der Waals surface area contributed by atoms with Gasteiger partial charge in [-0.1, -0.05) is 25.9 Å². The molecule has 10 heteroatoms. The molecule has 4 rings (SSSR count). The van der Waals surface area contributed by atoms with Crippen molar-refractivity contribution in [3.05, 3.63) is 46.7 Å². The molecule has 0 N–H and O–H groups in total. The van der Waals surface area contributed by atoms with Gasteiger partial charge in [0.1, 0.15) is 11.5 Å². The summed E-state index contributed by atoms with van der Waals surface area (Å²) >= 11 is 0. The summed E-state index contributed by atoms with van der Waals surface area (Å²) < 4.78 is 46.7. The van der Waals surface area contributed by atoms with Gasteiger partial charge in [-0.2, -0.15) is 18.3 Å². The molecule has 1 aliphatic rings. The molecule has 1 amide bonds. The number of hydrogen-bond acceptors (Lipinski definition) is 5. The smallest absolute Gasteiger partial charge is 0.360 e. The highest BCUT2D eigenvalue weighted by Gasteiger charge is 2.37. The molecule has 0 bridgehead atoms. The average molecular weight is 421 g/mol. The molecule has 0 unspecified atom stereocenters. The van der Waals surface area contributed by atoms with E-state index in [2.05, 4.69) is 15.2 Å². The Bertz CT molecular complexity index is 1090. The zero-order chi connectivity index (χ0) is 21.6. The molecule has 1 fully saturated rings. The number of hydrogen-bond donors (Lipinski definition) is 0. The Morgan fingerprint density at radius 2 is 2.07 bits per heavy atom. The number of halogens is 3. The molecule has 0 spiro atoms. The molecule has 30 heavy (non-hydrogen) atoms. The highest BCUT2D eigenvalue weighted by atomic mass is 19.4. The molecule has 0 saturated carbocycles. The van der Waals surface area contributed by atoms with E-state index < -0.39 is 17.9 Å². The highest BCUT2D eigenvalue weighted by Crippen LogP contribution is 2.35. The van der Waals surface area contributed by atoms with E-state index in [0.29, 0.717) is 36.5 Å². The summed E-state index contributed by atoms with van der Waals surface area (Å²) in [6, 6.07) is 3.73. The van der Waals surface area contributed by atoms with Crippen LogP contribution in [0.5, 0.6) is 0 Å². The Hall–Kier alpha value is -2.91. The van der Waals surface area contributed by atoms with Crippen LogP contribution in [0, 0.1) is 0 Å². The van der Waals surface area contributed by atoms with Gasteiger partial charge in [0.25, 0.3) is 5.91 Å². The van der Waals surface area contributed by atoms with E-state index in [0.717, 1.165) is 17.0 Å². The predicted octanol–water partition coefficient (Wildman–Crippen LogP) is 4.40. The van der Waals surface area contributed by atoms with Crippen molar-refractivity contribution in [2.45, 2.75) is 58.2 Å². The van der Waals surface area contributed by atoms with E-state index in [1.165, 1.54) is 6.07 Å². The number of aromatic nitrogens is 4. The van der Waals surface area contributed by atoms with Crippen LogP contribution in [-0.2, 0) is 12.6 Å². The lowest BCUT2D eigenvalue weighted by molar-refractivity contribution is -0.142. The molecule has 7 nitrogen and oxygen atoms in total. The van der Waals surface area contributed by atoms with Crippen LogP contribution >= 0.6 is 0 Å². The number of aryl methyl sites for hydroxylation is 1. The first-order valence-corrected chi connectivity index (χ1v) is 9.93. The molecule has 0 aliphatic carbocycles. The summed E-state index contributed by atoms with van der Waals surface area (Å²) in [6.07, 6.45) is -2.86. The average Bonchev–Trinajstić information content (AvgIpc) is 3.43. The van der Waals surface area contributed by atoms with Gasteiger partial charge in [-0.05, 0) is 25.3 Å². The van der Waals surface area contributed by atoms with Crippen molar-refractivity contribution in [1.82, 2.24) is 24.7 Å². The maximum atomic E-state index is 13.5. The molecule has 0 aromatic carbocycles. The maximum absolute atomic E-state index is 13.5. The fourth-order valence-corrected chi connectivity index (χ4v) is 3.72. The summed E-state index contributed by atoms with van der Waals surface area (Å²) in [6.45, 7) is 6.08. The highest BCUT2D eigenvalue weighted by molar-refractivity contribution is 5.92. The summed E-state index contributed by atoms with van der Waals surface area (Å²) in [5.74, 6) is 0.378. The van der Waals surface area contributed by atoms with E-state index in [9.17, 15) is 18.0 Å². The van der Waals surface area contributed by atoms with Crippen LogP contribution in [0.15, 0.2) is 22.7 Å². The molecule has 1 saturated heterocycles. The van der Waals surface area contributed by atoms with Crippen molar-refractivity contribution < 1.29 is 22.5 Å². The van der Waals surface area contributed by atoms with Gasteiger partial charge in [-0.15, -0.1) is 0 Å². The van der Waals surface area contributed by atoms with Gasteiger partial charge in [0.2, 0.25) is 0 Å². The third-order valence-electron chi connectivity index (χ3n) is 5.32. The number of alkyl halides is 3. The van der Waals surface area contributed by atoms with Gasteiger partial charge in [0.15, 0.2) is 11.3 Å². The Kier molecular flexibility index (Phi) is 5.03.